The average molecular weight is 507 g/mol. The second-order valence-electron chi connectivity index (χ2n) is 8.78. The molecule has 3 nitrogen and oxygen atoms in total. The summed E-state index contributed by atoms with van der Waals surface area (Å²) in [6.07, 6.45) is 2.17. The van der Waals surface area contributed by atoms with Gasteiger partial charge in [0.05, 0.1) is 6.04 Å². The number of benzene rings is 3. The van der Waals surface area contributed by atoms with Crippen molar-refractivity contribution in [3.05, 3.63) is 122 Å². The first-order valence-electron chi connectivity index (χ1n) is 11.3. The molecular formula is C28H25Cl2N3S. The normalized spacial score (nSPS) is 19.6. The maximum absolute atomic E-state index is 6.63. The summed E-state index contributed by atoms with van der Waals surface area (Å²) in [5.74, 6) is 0. The highest BCUT2D eigenvalue weighted by Crippen LogP contribution is 2.37. The van der Waals surface area contributed by atoms with Gasteiger partial charge in [0.1, 0.15) is 0 Å². The molecule has 2 N–H and O–H groups in total. The molecule has 34 heavy (non-hydrogen) atoms. The van der Waals surface area contributed by atoms with Gasteiger partial charge in [0, 0.05) is 35.4 Å². The number of rotatable bonds is 4. The van der Waals surface area contributed by atoms with Gasteiger partial charge in [-0.2, -0.15) is 0 Å². The van der Waals surface area contributed by atoms with Crippen LogP contribution in [0.15, 0.2) is 89.6 Å². The summed E-state index contributed by atoms with van der Waals surface area (Å²) in [7, 11) is 0. The molecule has 0 saturated heterocycles. The molecule has 2 aliphatic heterocycles. The van der Waals surface area contributed by atoms with Crippen molar-refractivity contribution < 1.29 is 0 Å². The van der Waals surface area contributed by atoms with Crippen LogP contribution < -0.4 is 10.6 Å². The first-order chi connectivity index (χ1) is 16.5. The van der Waals surface area contributed by atoms with Crippen LogP contribution in [0.1, 0.15) is 28.3 Å². The third-order valence-corrected chi connectivity index (χ3v) is 7.18. The lowest BCUT2D eigenvalue weighted by Crippen LogP contribution is -2.49. The van der Waals surface area contributed by atoms with E-state index >= 15 is 0 Å². The molecule has 0 amide bonds. The van der Waals surface area contributed by atoms with Crippen LogP contribution in [0.5, 0.6) is 0 Å². The maximum atomic E-state index is 6.63. The summed E-state index contributed by atoms with van der Waals surface area (Å²) >= 11 is 18.8. The van der Waals surface area contributed by atoms with Crippen LogP contribution in [0, 0.1) is 6.92 Å². The minimum atomic E-state index is -0.104. The van der Waals surface area contributed by atoms with Crippen LogP contribution in [-0.2, 0) is 6.54 Å². The van der Waals surface area contributed by atoms with E-state index < -0.39 is 0 Å². The van der Waals surface area contributed by atoms with Gasteiger partial charge in [-0.05, 0) is 65.2 Å². The van der Waals surface area contributed by atoms with Crippen molar-refractivity contribution in [2.75, 3.05) is 13.1 Å². The third-order valence-electron chi connectivity index (χ3n) is 6.27. The summed E-state index contributed by atoms with van der Waals surface area (Å²) in [4.78, 5) is 2.45. The number of halogens is 2. The molecule has 0 radical (unpaired) electrons. The van der Waals surface area contributed by atoms with Gasteiger partial charge in [-0.3, -0.25) is 4.90 Å². The van der Waals surface area contributed by atoms with E-state index in [4.69, 9.17) is 35.4 Å². The second-order valence-corrected chi connectivity index (χ2v) is 10.00. The van der Waals surface area contributed by atoms with Crippen molar-refractivity contribution in [3.8, 4) is 0 Å². The van der Waals surface area contributed by atoms with Gasteiger partial charge in [-0.15, -0.1) is 0 Å². The molecule has 0 fully saturated rings. The van der Waals surface area contributed by atoms with Crippen molar-refractivity contribution in [1.29, 1.82) is 0 Å². The number of thiocarbonyl (C=S) groups is 1. The van der Waals surface area contributed by atoms with E-state index in [2.05, 4.69) is 58.9 Å². The predicted octanol–water partition coefficient (Wildman–Crippen LogP) is 6.67. The fraction of sp³-hybridized carbons (Fsp3) is 0.179. The molecule has 2 aliphatic rings. The van der Waals surface area contributed by atoms with Crippen LogP contribution in [0.25, 0.3) is 6.08 Å². The Morgan fingerprint density at radius 2 is 1.65 bits per heavy atom. The average Bonchev–Trinajstić information content (AvgIpc) is 2.82. The zero-order valence-electron chi connectivity index (χ0n) is 18.8. The second kappa shape index (κ2) is 9.93. The lowest BCUT2D eigenvalue weighted by molar-refractivity contribution is 0.293. The lowest BCUT2D eigenvalue weighted by Gasteiger charge is -2.40. The molecule has 1 atom stereocenters. The summed E-state index contributed by atoms with van der Waals surface area (Å²) in [5.41, 5.74) is 8.00. The van der Waals surface area contributed by atoms with E-state index in [1.165, 1.54) is 16.7 Å². The highest BCUT2D eigenvalue weighted by Gasteiger charge is 2.34. The Bertz CT molecular complexity index is 1300. The van der Waals surface area contributed by atoms with Gasteiger partial charge >= 0.3 is 0 Å². The Morgan fingerprint density at radius 1 is 0.941 bits per heavy atom. The Kier molecular flexibility index (Phi) is 6.75. The van der Waals surface area contributed by atoms with Gasteiger partial charge in [-0.25, -0.2) is 0 Å². The molecule has 0 bridgehead atoms. The number of nitrogens with one attached hydrogen (secondary N) is 2. The molecule has 3 aromatic carbocycles. The molecule has 172 valence electrons. The van der Waals surface area contributed by atoms with E-state index in [-0.39, 0.29) is 6.04 Å². The Hall–Kier alpha value is -2.63. The first-order valence-corrected chi connectivity index (χ1v) is 12.4. The van der Waals surface area contributed by atoms with Crippen LogP contribution in [0.2, 0.25) is 10.0 Å². The Labute approximate surface area is 216 Å². The minimum absolute atomic E-state index is 0.104. The molecule has 6 heteroatoms. The van der Waals surface area contributed by atoms with E-state index in [0.29, 0.717) is 5.11 Å². The summed E-state index contributed by atoms with van der Waals surface area (Å²) in [6, 6.07) is 24.5. The van der Waals surface area contributed by atoms with Crippen LogP contribution in [0.4, 0.5) is 0 Å². The summed E-state index contributed by atoms with van der Waals surface area (Å²) in [5, 5.41) is 8.95. The van der Waals surface area contributed by atoms with Gasteiger partial charge in [0.25, 0.3) is 0 Å². The predicted molar refractivity (Wildman–Crippen MR) is 146 cm³/mol. The quantitative estimate of drug-likeness (QED) is 0.387. The SMILES string of the molecule is Cc1ccc(CN2CC3=C(NC(=S)NC3c3ccccc3Cl)/C(=C/c3ccccc3Cl)C2)cc1. The Balaban J connectivity index is 1.59. The van der Waals surface area contributed by atoms with Gasteiger partial charge in [0.15, 0.2) is 5.11 Å². The minimum Gasteiger partial charge on any atom is -0.352 e. The van der Waals surface area contributed by atoms with Crippen molar-refractivity contribution in [2.45, 2.75) is 19.5 Å². The van der Waals surface area contributed by atoms with Crippen LogP contribution in [-0.4, -0.2) is 23.1 Å². The van der Waals surface area contributed by atoms with E-state index in [1.807, 2.05) is 42.5 Å². The molecule has 0 aliphatic carbocycles. The van der Waals surface area contributed by atoms with Crippen molar-refractivity contribution >= 4 is 46.6 Å². The molecule has 0 aromatic heterocycles. The van der Waals surface area contributed by atoms with Gasteiger partial charge in [-0.1, -0.05) is 89.4 Å². The van der Waals surface area contributed by atoms with Crippen molar-refractivity contribution in [2.24, 2.45) is 0 Å². The van der Waals surface area contributed by atoms with E-state index in [1.54, 1.807) is 0 Å². The largest absolute Gasteiger partial charge is 0.352 e. The maximum Gasteiger partial charge on any atom is 0.171 e. The zero-order chi connectivity index (χ0) is 23.7. The Morgan fingerprint density at radius 3 is 2.38 bits per heavy atom. The number of nitrogens with zero attached hydrogens (tertiary/aromatic N) is 1. The van der Waals surface area contributed by atoms with E-state index in [0.717, 1.165) is 52.1 Å². The molecule has 2 heterocycles. The highest BCUT2D eigenvalue weighted by molar-refractivity contribution is 7.80. The fourth-order valence-electron chi connectivity index (χ4n) is 4.60. The molecule has 0 saturated carbocycles. The van der Waals surface area contributed by atoms with Crippen LogP contribution in [0.3, 0.4) is 0 Å². The van der Waals surface area contributed by atoms with Crippen LogP contribution >= 0.6 is 35.4 Å². The topological polar surface area (TPSA) is 27.3 Å². The molecule has 5 rings (SSSR count). The standard InChI is InChI=1S/C28H25Cl2N3S/c1-18-10-12-19(13-11-18)15-33-16-21(14-20-6-2-4-8-24(20)29)26-23(17-33)27(32-28(34)31-26)22-7-3-5-9-25(22)30/h2-14,27H,15-17H2,1H3,(H2,31,32,34)/b21-14+. The highest BCUT2D eigenvalue weighted by atomic mass is 35.5. The zero-order valence-corrected chi connectivity index (χ0v) is 21.1. The monoisotopic (exact) mass is 505 g/mol. The third kappa shape index (κ3) is 4.91. The molecular weight excluding hydrogens is 481 g/mol. The lowest BCUT2D eigenvalue weighted by atomic mass is 9.88. The van der Waals surface area contributed by atoms with Crippen molar-refractivity contribution in [1.82, 2.24) is 15.5 Å². The smallest absolute Gasteiger partial charge is 0.171 e. The summed E-state index contributed by atoms with van der Waals surface area (Å²) < 4.78 is 0. The fourth-order valence-corrected chi connectivity index (χ4v) is 5.26. The van der Waals surface area contributed by atoms with Crippen molar-refractivity contribution in [3.63, 3.8) is 0 Å². The van der Waals surface area contributed by atoms with Gasteiger partial charge < -0.3 is 10.6 Å². The summed E-state index contributed by atoms with van der Waals surface area (Å²) in [6.45, 7) is 4.53. The number of hydrogen-bond donors (Lipinski definition) is 2. The molecule has 0 spiro atoms. The number of aryl methyl sites for hydroxylation is 1. The number of hydrogen-bond acceptors (Lipinski definition) is 2. The molecule has 1 unspecified atom stereocenters. The van der Waals surface area contributed by atoms with Gasteiger partial charge in [0.2, 0.25) is 0 Å². The van der Waals surface area contributed by atoms with E-state index in [9.17, 15) is 0 Å². The molecule has 3 aromatic rings. The first kappa shape index (κ1) is 23.1.